The lowest BCUT2D eigenvalue weighted by molar-refractivity contribution is -0.385. The van der Waals surface area contributed by atoms with E-state index in [2.05, 4.69) is 0 Å². The molecular weight excluding hydrogens is 221 g/mol. The number of ether oxygens (including phenoxy) is 2. The highest BCUT2D eigenvalue weighted by Gasteiger charge is 2.31. The fourth-order valence-electron chi connectivity index (χ4n) is 1.47. The Morgan fingerprint density at radius 2 is 2.25 bits per heavy atom. The van der Waals surface area contributed by atoms with E-state index in [9.17, 15) is 19.3 Å². The molecule has 1 aliphatic rings. The first-order valence-corrected chi connectivity index (χ1v) is 4.29. The molecule has 0 amide bonds. The topological polar surface area (TPSA) is 78.7 Å². The number of halogens is 1. The molecule has 0 saturated carbocycles. The molecule has 84 valence electrons. The predicted molar refractivity (Wildman–Crippen MR) is 49.2 cm³/mol. The Hall–Kier alpha value is -2.18. The summed E-state index contributed by atoms with van der Waals surface area (Å²) >= 11 is 0. The van der Waals surface area contributed by atoms with E-state index < -0.39 is 27.8 Å². The molecule has 0 aromatic heterocycles. The summed E-state index contributed by atoms with van der Waals surface area (Å²) in [5, 5.41) is 10.7. The maximum absolute atomic E-state index is 13.7. The molecule has 0 radical (unpaired) electrons. The molecule has 0 fully saturated rings. The van der Waals surface area contributed by atoms with E-state index in [1.807, 2.05) is 0 Å². The lowest BCUT2D eigenvalue weighted by Gasteiger charge is -2.03. The zero-order chi connectivity index (χ0) is 11.9. The van der Waals surface area contributed by atoms with Crippen LogP contribution in [0.25, 0.3) is 0 Å². The number of hydrogen-bond donors (Lipinski definition) is 0. The van der Waals surface area contributed by atoms with Gasteiger partial charge in [0.25, 0.3) is 5.69 Å². The zero-order valence-corrected chi connectivity index (χ0v) is 8.15. The van der Waals surface area contributed by atoms with E-state index in [1.165, 1.54) is 0 Å². The molecule has 1 heterocycles. The first-order valence-electron chi connectivity index (χ1n) is 4.29. The summed E-state index contributed by atoms with van der Waals surface area (Å²) in [5.41, 5.74) is -1.21. The molecule has 0 bridgehead atoms. The number of carbonyl (C=O) groups excluding carboxylic acids is 1. The lowest BCUT2D eigenvalue weighted by Crippen LogP contribution is -2.04. The average molecular weight is 227 g/mol. The largest absolute Gasteiger partial charge is 0.453 e. The summed E-state index contributed by atoms with van der Waals surface area (Å²) in [7, 11) is 0. The van der Waals surface area contributed by atoms with Crippen LogP contribution >= 0.6 is 0 Å². The molecule has 0 N–H and O–H groups in total. The van der Waals surface area contributed by atoms with Crippen LogP contribution in [-0.4, -0.2) is 17.5 Å². The summed E-state index contributed by atoms with van der Waals surface area (Å²) in [6, 6.07) is 0.988. The smallest absolute Gasteiger partial charge is 0.287 e. The third kappa shape index (κ3) is 1.37. The number of fused-ring (bicyclic) bond motifs is 1. The third-order valence-electron chi connectivity index (χ3n) is 2.13. The Balaban J connectivity index is 2.75. The predicted octanol–water partition coefficient (Wildman–Crippen LogP) is 1.67. The van der Waals surface area contributed by atoms with Crippen molar-refractivity contribution in [2.75, 3.05) is 6.79 Å². The first-order chi connectivity index (χ1) is 7.52. The quantitative estimate of drug-likeness (QED) is 0.436. The van der Waals surface area contributed by atoms with Crippen molar-refractivity contribution < 1.29 is 23.6 Å². The summed E-state index contributed by atoms with van der Waals surface area (Å²) in [6.45, 7) is 0.832. The van der Waals surface area contributed by atoms with Crippen LogP contribution in [0.5, 0.6) is 11.5 Å². The van der Waals surface area contributed by atoms with Crippen LogP contribution in [0.2, 0.25) is 0 Å². The van der Waals surface area contributed by atoms with Crippen molar-refractivity contribution >= 4 is 11.5 Å². The van der Waals surface area contributed by atoms with Crippen molar-refractivity contribution in [3.63, 3.8) is 0 Å². The number of nitrogens with zero attached hydrogens (tertiary/aromatic N) is 1. The summed E-state index contributed by atoms with van der Waals surface area (Å²) in [4.78, 5) is 21.0. The second-order valence-electron chi connectivity index (χ2n) is 3.13. The summed E-state index contributed by atoms with van der Waals surface area (Å²) in [5.74, 6) is -2.10. The van der Waals surface area contributed by atoms with Gasteiger partial charge in [0, 0.05) is 0 Å². The second kappa shape index (κ2) is 3.44. The maximum Gasteiger partial charge on any atom is 0.287 e. The van der Waals surface area contributed by atoms with Crippen LogP contribution < -0.4 is 9.47 Å². The molecule has 0 aliphatic carbocycles. The molecule has 2 rings (SSSR count). The Bertz CT molecular complexity index is 499. The molecule has 16 heavy (non-hydrogen) atoms. The molecule has 7 heteroatoms. The van der Waals surface area contributed by atoms with Crippen LogP contribution in [0.4, 0.5) is 10.1 Å². The van der Waals surface area contributed by atoms with Gasteiger partial charge in [0.2, 0.25) is 12.5 Å². The fraction of sp³-hybridized carbons (Fsp3) is 0.222. The van der Waals surface area contributed by atoms with Gasteiger partial charge in [0.05, 0.1) is 11.0 Å². The second-order valence-corrected chi connectivity index (χ2v) is 3.13. The van der Waals surface area contributed by atoms with Crippen molar-refractivity contribution in [2.24, 2.45) is 0 Å². The third-order valence-corrected chi connectivity index (χ3v) is 2.13. The van der Waals surface area contributed by atoms with Crippen molar-refractivity contribution in [2.45, 2.75) is 6.92 Å². The molecular formula is C9H6FNO5. The lowest BCUT2D eigenvalue weighted by atomic mass is 10.1. The fourth-order valence-corrected chi connectivity index (χ4v) is 1.47. The highest BCUT2D eigenvalue weighted by atomic mass is 19.1. The highest BCUT2D eigenvalue weighted by molar-refractivity contribution is 5.99. The minimum absolute atomic E-state index is 0.0609. The van der Waals surface area contributed by atoms with Gasteiger partial charge in [0.15, 0.2) is 17.3 Å². The number of benzene rings is 1. The number of rotatable bonds is 2. The molecule has 0 unspecified atom stereocenters. The Kier molecular flexibility index (Phi) is 2.22. The number of hydrogen-bond acceptors (Lipinski definition) is 5. The normalized spacial score (nSPS) is 12.6. The van der Waals surface area contributed by atoms with E-state index in [4.69, 9.17) is 9.47 Å². The summed E-state index contributed by atoms with van der Waals surface area (Å²) < 4.78 is 23.3. The van der Waals surface area contributed by atoms with Gasteiger partial charge in [-0.25, -0.2) is 4.39 Å². The molecule has 1 aliphatic heterocycles. The van der Waals surface area contributed by atoms with Crippen LogP contribution in [-0.2, 0) is 0 Å². The SMILES string of the molecule is CC(=O)c1c([N+](=O)[O-])cc2c(c1F)OCO2. The van der Waals surface area contributed by atoms with Gasteiger partial charge >= 0.3 is 0 Å². The van der Waals surface area contributed by atoms with E-state index in [-0.39, 0.29) is 18.3 Å². The van der Waals surface area contributed by atoms with Gasteiger partial charge in [-0.15, -0.1) is 0 Å². The molecule has 0 atom stereocenters. The minimum atomic E-state index is -1.05. The minimum Gasteiger partial charge on any atom is -0.453 e. The van der Waals surface area contributed by atoms with Crippen molar-refractivity contribution in [1.82, 2.24) is 0 Å². The molecule has 6 nitrogen and oxygen atoms in total. The van der Waals surface area contributed by atoms with Crippen LogP contribution in [0.1, 0.15) is 17.3 Å². The average Bonchev–Trinajstić information content (AvgIpc) is 2.64. The maximum atomic E-state index is 13.7. The van der Waals surface area contributed by atoms with Gasteiger partial charge < -0.3 is 9.47 Å². The summed E-state index contributed by atoms with van der Waals surface area (Å²) in [6.07, 6.45) is 0. The van der Waals surface area contributed by atoms with E-state index >= 15 is 0 Å². The number of ketones is 1. The molecule has 1 aromatic carbocycles. The van der Waals surface area contributed by atoms with E-state index in [1.54, 1.807) is 0 Å². The highest BCUT2D eigenvalue weighted by Crippen LogP contribution is 2.41. The Morgan fingerprint density at radius 3 is 2.81 bits per heavy atom. The Labute approximate surface area is 88.7 Å². The van der Waals surface area contributed by atoms with E-state index in [0.717, 1.165) is 13.0 Å². The Morgan fingerprint density at radius 1 is 1.56 bits per heavy atom. The van der Waals surface area contributed by atoms with Gasteiger partial charge in [-0.3, -0.25) is 14.9 Å². The zero-order valence-electron chi connectivity index (χ0n) is 8.15. The van der Waals surface area contributed by atoms with Crippen molar-refractivity contribution in [3.05, 3.63) is 27.6 Å². The molecule has 1 aromatic rings. The molecule has 0 spiro atoms. The van der Waals surface area contributed by atoms with Crippen molar-refractivity contribution in [1.29, 1.82) is 0 Å². The number of nitro benzene ring substituents is 1. The van der Waals surface area contributed by atoms with Gasteiger partial charge in [-0.05, 0) is 6.92 Å². The van der Waals surface area contributed by atoms with Gasteiger partial charge in [0.1, 0.15) is 5.56 Å². The first kappa shape index (κ1) is 10.3. The van der Waals surface area contributed by atoms with Crippen LogP contribution in [0, 0.1) is 15.9 Å². The van der Waals surface area contributed by atoms with Crippen molar-refractivity contribution in [3.8, 4) is 11.5 Å². The number of Topliss-reactive ketones (excluding diaryl/α,β-unsaturated/α-hetero) is 1. The van der Waals surface area contributed by atoms with E-state index in [0.29, 0.717) is 0 Å². The van der Waals surface area contributed by atoms with Crippen LogP contribution in [0.3, 0.4) is 0 Å². The monoisotopic (exact) mass is 227 g/mol. The van der Waals surface area contributed by atoms with Gasteiger partial charge in [-0.2, -0.15) is 0 Å². The number of nitro groups is 1. The molecule has 0 saturated heterocycles. The van der Waals surface area contributed by atoms with Gasteiger partial charge in [-0.1, -0.05) is 0 Å². The number of carbonyl (C=O) groups is 1. The standard InChI is InChI=1S/C9H6FNO5/c1-4(12)7-5(11(13)14)2-6-9(8(7)10)16-3-15-6/h2H,3H2,1H3. The van der Waals surface area contributed by atoms with Crippen LogP contribution in [0.15, 0.2) is 6.07 Å².